The molecule has 7 heteroatoms. The summed E-state index contributed by atoms with van der Waals surface area (Å²) < 4.78 is 5.11. The van der Waals surface area contributed by atoms with E-state index in [2.05, 4.69) is 20.8 Å². The van der Waals surface area contributed by atoms with Gasteiger partial charge in [-0.2, -0.15) is 5.10 Å². The van der Waals surface area contributed by atoms with Crippen molar-refractivity contribution in [1.82, 2.24) is 10.4 Å². The quantitative estimate of drug-likeness (QED) is 0.537. The minimum atomic E-state index is -0.332. The maximum Gasteiger partial charge on any atom is 0.274 e. The van der Waals surface area contributed by atoms with Crippen molar-refractivity contribution < 1.29 is 14.0 Å². The molecule has 136 valence electrons. The summed E-state index contributed by atoms with van der Waals surface area (Å²) in [7, 11) is 0. The highest BCUT2D eigenvalue weighted by Gasteiger charge is 2.11. The molecule has 2 aromatic heterocycles. The Labute approximate surface area is 156 Å². The molecule has 0 atom stereocenters. The third-order valence-corrected chi connectivity index (χ3v) is 3.93. The molecule has 0 unspecified atom stereocenters. The Balaban J connectivity index is 1.63. The van der Waals surface area contributed by atoms with Gasteiger partial charge < -0.3 is 9.73 Å². The molecule has 0 saturated carbocycles. The summed E-state index contributed by atoms with van der Waals surface area (Å²) in [6.45, 7) is 3.50. The number of rotatable bonds is 5. The van der Waals surface area contributed by atoms with Gasteiger partial charge in [0.15, 0.2) is 0 Å². The summed E-state index contributed by atoms with van der Waals surface area (Å²) in [5.41, 5.74) is 5.60. The first-order chi connectivity index (χ1) is 13.0. The van der Waals surface area contributed by atoms with Gasteiger partial charge in [0.2, 0.25) is 0 Å². The van der Waals surface area contributed by atoms with Gasteiger partial charge in [-0.25, -0.2) is 5.43 Å². The topological polar surface area (TPSA) is 96.6 Å². The van der Waals surface area contributed by atoms with Crippen molar-refractivity contribution in [2.75, 3.05) is 5.32 Å². The highest BCUT2D eigenvalue weighted by molar-refractivity contribution is 6.05. The zero-order chi connectivity index (χ0) is 19.2. The first-order valence-electron chi connectivity index (χ1n) is 8.25. The Morgan fingerprint density at radius 2 is 1.67 bits per heavy atom. The SMILES string of the molecule is C/C(=N\NC(=O)c1ccoc1C)c1ccc(NC(=O)c2ccncc2)cc1. The van der Waals surface area contributed by atoms with Crippen LogP contribution in [0.3, 0.4) is 0 Å². The van der Waals surface area contributed by atoms with E-state index >= 15 is 0 Å². The molecule has 1 aromatic carbocycles. The second-order valence-corrected chi connectivity index (χ2v) is 5.80. The number of amides is 2. The molecule has 0 saturated heterocycles. The molecule has 0 bridgehead atoms. The van der Waals surface area contributed by atoms with Gasteiger partial charge in [0.1, 0.15) is 5.76 Å². The summed E-state index contributed by atoms with van der Waals surface area (Å²) in [5.74, 6) is -0.00485. The first kappa shape index (κ1) is 18.1. The van der Waals surface area contributed by atoms with Gasteiger partial charge in [0.05, 0.1) is 17.5 Å². The lowest BCUT2D eigenvalue weighted by Crippen LogP contribution is -2.19. The van der Waals surface area contributed by atoms with Gasteiger partial charge in [-0.15, -0.1) is 0 Å². The van der Waals surface area contributed by atoms with Crippen molar-refractivity contribution in [2.24, 2.45) is 5.10 Å². The van der Waals surface area contributed by atoms with Crippen LogP contribution in [0.15, 0.2) is 70.6 Å². The Morgan fingerprint density at radius 3 is 2.30 bits per heavy atom. The zero-order valence-corrected chi connectivity index (χ0v) is 14.9. The maximum absolute atomic E-state index is 12.1. The predicted octanol–water partition coefficient (Wildman–Crippen LogP) is 3.39. The number of hydrogen-bond acceptors (Lipinski definition) is 5. The maximum atomic E-state index is 12.1. The summed E-state index contributed by atoms with van der Waals surface area (Å²) in [5, 5.41) is 6.92. The normalized spacial score (nSPS) is 11.1. The fourth-order valence-electron chi connectivity index (χ4n) is 2.38. The number of aryl methyl sites for hydroxylation is 1. The van der Waals surface area contributed by atoms with E-state index in [0.717, 1.165) is 5.56 Å². The molecule has 3 rings (SSSR count). The van der Waals surface area contributed by atoms with Crippen molar-refractivity contribution >= 4 is 23.2 Å². The number of carbonyl (C=O) groups is 2. The highest BCUT2D eigenvalue weighted by Crippen LogP contribution is 2.12. The largest absolute Gasteiger partial charge is 0.469 e. The van der Waals surface area contributed by atoms with Crippen molar-refractivity contribution in [1.29, 1.82) is 0 Å². The third-order valence-electron chi connectivity index (χ3n) is 3.93. The van der Waals surface area contributed by atoms with E-state index in [-0.39, 0.29) is 11.8 Å². The van der Waals surface area contributed by atoms with Crippen molar-refractivity contribution in [3.8, 4) is 0 Å². The van der Waals surface area contributed by atoms with Crippen molar-refractivity contribution in [2.45, 2.75) is 13.8 Å². The molecule has 0 aliphatic rings. The highest BCUT2D eigenvalue weighted by atomic mass is 16.3. The third kappa shape index (κ3) is 4.46. The molecule has 2 amide bonds. The number of carbonyl (C=O) groups excluding carboxylic acids is 2. The van der Waals surface area contributed by atoms with Crippen molar-refractivity contribution in [3.63, 3.8) is 0 Å². The van der Waals surface area contributed by atoms with E-state index in [1.54, 1.807) is 56.6 Å². The van der Waals surface area contributed by atoms with Gasteiger partial charge in [0.25, 0.3) is 11.8 Å². The second-order valence-electron chi connectivity index (χ2n) is 5.80. The smallest absolute Gasteiger partial charge is 0.274 e. The molecule has 0 fully saturated rings. The Kier molecular flexibility index (Phi) is 5.41. The van der Waals surface area contributed by atoms with Crippen LogP contribution in [0.25, 0.3) is 0 Å². The average molecular weight is 362 g/mol. The fraction of sp³-hybridized carbons (Fsp3) is 0.100. The van der Waals surface area contributed by atoms with Crippen LogP contribution in [0.2, 0.25) is 0 Å². The van der Waals surface area contributed by atoms with E-state index in [0.29, 0.717) is 28.3 Å². The zero-order valence-electron chi connectivity index (χ0n) is 14.9. The minimum Gasteiger partial charge on any atom is -0.469 e. The van der Waals surface area contributed by atoms with E-state index in [9.17, 15) is 9.59 Å². The molecular formula is C20H18N4O3. The molecule has 2 N–H and O–H groups in total. The predicted molar refractivity (Wildman–Crippen MR) is 102 cm³/mol. The molecule has 0 aliphatic carbocycles. The number of hydrogen-bond donors (Lipinski definition) is 2. The van der Waals surface area contributed by atoms with Gasteiger partial charge in [-0.1, -0.05) is 12.1 Å². The van der Waals surface area contributed by atoms with Gasteiger partial charge >= 0.3 is 0 Å². The monoisotopic (exact) mass is 362 g/mol. The Bertz CT molecular complexity index is 976. The standard InChI is InChI=1S/C20H18N4O3/c1-13(23-24-20(26)18-9-12-27-14(18)2)15-3-5-17(6-4-15)22-19(25)16-7-10-21-11-8-16/h3-12H,1-2H3,(H,22,25)(H,24,26)/b23-13+. The number of benzene rings is 1. The molecule has 7 nitrogen and oxygen atoms in total. The average Bonchev–Trinajstić information content (AvgIpc) is 3.13. The lowest BCUT2D eigenvalue weighted by Gasteiger charge is -2.07. The molecule has 0 radical (unpaired) electrons. The van der Waals surface area contributed by atoms with E-state index in [1.807, 2.05) is 12.1 Å². The van der Waals surface area contributed by atoms with Gasteiger partial charge in [-0.05, 0) is 49.7 Å². The first-order valence-corrected chi connectivity index (χ1v) is 8.25. The van der Waals surface area contributed by atoms with Crippen LogP contribution < -0.4 is 10.7 Å². The number of hydrazone groups is 1. The lowest BCUT2D eigenvalue weighted by atomic mass is 10.1. The van der Waals surface area contributed by atoms with Crippen LogP contribution in [0, 0.1) is 6.92 Å². The molecule has 0 aliphatic heterocycles. The van der Waals surface area contributed by atoms with Crippen molar-refractivity contribution in [3.05, 3.63) is 83.6 Å². The fourth-order valence-corrected chi connectivity index (χ4v) is 2.38. The van der Waals surface area contributed by atoms with Crippen LogP contribution in [0.1, 0.15) is 39.0 Å². The van der Waals surface area contributed by atoms with Crippen LogP contribution >= 0.6 is 0 Å². The molecule has 3 aromatic rings. The molecule has 2 heterocycles. The summed E-state index contributed by atoms with van der Waals surface area (Å²) in [4.78, 5) is 28.1. The van der Waals surface area contributed by atoms with Crippen LogP contribution in [0.5, 0.6) is 0 Å². The van der Waals surface area contributed by atoms with Crippen LogP contribution in [-0.2, 0) is 0 Å². The number of pyridine rings is 1. The van der Waals surface area contributed by atoms with E-state index < -0.39 is 0 Å². The molecule has 0 spiro atoms. The Hall–Kier alpha value is -3.74. The van der Waals surface area contributed by atoms with E-state index in [4.69, 9.17) is 4.42 Å². The summed E-state index contributed by atoms with van der Waals surface area (Å²) in [6, 6.07) is 12.1. The van der Waals surface area contributed by atoms with Gasteiger partial charge in [-0.3, -0.25) is 14.6 Å². The van der Waals surface area contributed by atoms with E-state index in [1.165, 1.54) is 6.26 Å². The number of aromatic nitrogens is 1. The Morgan fingerprint density at radius 1 is 0.963 bits per heavy atom. The number of nitrogens with zero attached hydrogens (tertiary/aromatic N) is 2. The minimum absolute atomic E-state index is 0.210. The molecule has 27 heavy (non-hydrogen) atoms. The number of furan rings is 1. The number of anilines is 1. The van der Waals surface area contributed by atoms with Crippen LogP contribution in [0.4, 0.5) is 5.69 Å². The lowest BCUT2D eigenvalue weighted by molar-refractivity contribution is 0.0952. The number of nitrogens with one attached hydrogen (secondary N) is 2. The summed E-state index contributed by atoms with van der Waals surface area (Å²) >= 11 is 0. The molecular weight excluding hydrogens is 344 g/mol. The second kappa shape index (κ2) is 8.09. The summed E-state index contributed by atoms with van der Waals surface area (Å²) in [6.07, 6.45) is 4.59. The van der Waals surface area contributed by atoms with Crippen LogP contribution in [-0.4, -0.2) is 22.5 Å². The van der Waals surface area contributed by atoms with Gasteiger partial charge in [0, 0.05) is 23.6 Å².